The van der Waals surface area contributed by atoms with Crippen LogP contribution in [0, 0.1) is 34.3 Å². The Kier molecular flexibility index (Phi) is 11.9. The number of fused-ring (bicyclic) bond motifs is 2. The molecular formula is C38H34F6N4O7S3. The third-order valence-corrected chi connectivity index (χ3v) is 12.8. The lowest BCUT2D eigenvalue weighted by Crippen LogP contribution is -2.41. The molecule has 11 nitrogen and oxygen atoms in total. The normalized spacial score (nSPS) is 18.4. The largest absolute Gasteiger partial charge is 0.457 e. The topological polar surface area (TPSA) is 189 Å². The van der Waals surface area contributed by atoms with Crippen LogP contribution in [0.1, 0.15) is 66.2 Å². The Bertz CT molecular complexity index is 2660. The van der Waals surface area contributed by atoms with E-state index in [9.17, 15) is 38.6 Å². The van der Waals surface area contributed by atoms with Gasteiger partial charge >= 0.3 is 0 Å². The Morgan fingerprint density at radius 1 is 0.741 bits per heavy atom. The lowest BCUT2D eigenvalue weighted by atomic mass is 10.1. The van der Waals surface area contributed by atoms with Crippen molar-refractivity contribution in [2.75, 3.05) is 12.5 Å². The maximum absolute atomic E-state index is 15.1. The molecule has 0 aromatic heterocycles. The fraction of sp³-hybridized carbons (Fsp3) is 0.316. The summed E-state index contributed by atoms with van der Waals surface area (Å²) in [5.41, 5.74) is 4.96. The van der Waals surface area contributed by atoms with Crippen LogP contribution in [-0.2, 0) is 43.5 Å². The first-order chi connectivity index (χ1) is 26.7. The number of alkyl halides is 4. The van der Waals surface area contributed by atoms with Crippen molar-refractivity contribution in [1.82, 2.24) is 4.72 Å². The molecule has 4 aromatic rings. The third kappa shape index (κ3) is 9.32. The Hall–Kier alpha value is -4.99. The second kappa shape index (κ2) is 15.6. The van der Waals surface area contributed by atoms with Crippen LogP contribution < -0.4 is 19.9 Å². The maximum atomic E-state index is 15.1. The van der Waals surface area contributed by atoms with Gasteiger partial charge in [0.15, 0.2) is 19.7 Å². The number of sulfone groups is 2. The summed E-state index contributed by atoms with van der Waals surface area (Å²) in [7, 11) is -9.63. The molecule has 0 saturated carbocycles. The molecule has 308 valence electrons. The summed E-state index contributed by atoms with van der Waals surface area (Å²) in [4.78, 5) is -0.626. The number of hydrogen-bond donors (Lipinski definition) is 2. The lowest BCUT2D eigenvalue weighted by Gasteiger charge is -2.26. The summed E-state index contributed by atoms with van der Waals surface area (Å²) >= 11 is 0. The number of nitriles is 2. The summed E-state index contributed by atoms with van der Waals surface area (Å²) in [5.74, 6) is -8.64. The minimum Gasteiger partial charge on any atom is -0.457 e. The SMILES string of the molecule is CC(C)(C)S(=O)NC1c2c(S(C)(=O)=O)ccc(Oc3cc(F)cc(C#N)c3)c2CC1(F)F.CS(=O)(=O)c1ccc(Oc2cc(F)cc(C#N)c2)c2c1C(N)C(F)(F)C2. The van der Waals surface area contributed by atoms with E-state index in [1.54, 1.807) is 32.9 Å². The molecule has 0 radical (unpaired) electrons. The van der Waals surface area contributed by atoms with Gasteiger partial charge in [0.25, 0.3) is 11.8 Å². The maximum Gasteiger partial charge on any atom is 0.272 e. The number of benzene rings is 4. The third-order valence-electron chi connectivity index (χ3n) is 8.89. The summed E-state index contributed by atoms with van der Waals surface area (Å²) in [6.45, 7) is 4.79. The van der Waals surface area contributed by atoms with Gasteiger partial charge in [0.2, 0.25) is 0 Å². The van der Waals surface area contributed by atoms with Crippen molar-refractivity contribution >= 4 is 30.7 Å². The highest BCUT2D eigenvalue weighted by Gasteiger charge is 2.52. The Balaban J connectivity index is 0.000000226. The van der Waals surface area contributed by atoms with E-state index < -0.39 is 83.8 Å². The van der Waals surface area contributed by atoms with Crippen molar-refractivity contribution in [3.05, 3.63) is 106 Å². The number of nitrogens with two attached hydrogens (primary N) is 1. The molecule has 3 N–H and O–H groups in total. The first kappa shape index (κ1) is 44.1. The average molecular weight is 869 g/mol. The van der Waals surface area contributed by atoms with Crippen molar-refractivity contribution in [2.45, 2.75) is 72.1 Å². The van der Waals surface area contributed by atoms with E-state index in [0.29, 0.717) is 0 Å². The van der Waals surface area contributed by atoms with Crippen molar-refractivity contribution in [3.8, 4) is 35.1 Å². The van der Waals surface area contributed by atoms with Gasteiger partial charge in [0, 0.05) is 59.7 Å². The van der Waals surface area contributed by atoms with Gasteiger partial charge in [-0.05, 0) is 69.3 Å². The van der Waals surface area contributed by atoms with E-state index >= 15 is 8.78 Å². The fourth-order valence-electron chi connectivity index (χ4n) is 6.27. The Labute approximate surface area is 332 Å². The molecule has 4 aromatic carbocycles. The number of nitrogens with one attached hydrogen (secondary N) is 1. The van der Waals surface area contributed by atoms with Crippen molar-refractivity contribution in [1.29, 1.82) is 10.5 Å². The van der Waals surface area contributed by atoms with Crippen LogP contribution in [0.15, 0.2) is 70.5 Å². The molecule has 2 aliphatic carbocycles. The molecule has 0 amide bonds. The molecule has 0 spiro atoms. The highest BCUT2D eigenvalue weighted by Crippen LogP contribution is 2.51. The zero-order valence-electron chi connectivity index (χ0n) is 31.2. The van der Waals surface area contributed by atoms with Gasteiger partial charge in [-0.2, -0.15) is 10.5 Å². The standard InChI is InChI=1S/C21H21F3N2O4S2.C17H13F3N2O3S/c1-20(2,3)31(27)26-19-18-15(10-21(19,23)24)16(5-6-17(18)32(4,28)29)30-14-8-12(11-25)7-13(22)9-14;1-26(23,24)14-3-2-13(12-7-17(19,20)16(22)15(12)14)25-11-5-9(8-21)4-10(18)6-11/h5-9,19,26H,10H2,1-4H3;2-6,16H,7,22H2,1H3. The fourth-order valence-corrected chi connectivity index (χ4v) is 9.05. The monoisotopic (exact) mass is 868 g/mol. The number of nitrogens with zero attached hydrogens (tertiary/aromatic N) is 2. The summed E-state index contributed by atoms with van der Waals surface area (Å²) < 4.78 is 159. The molecule has 58 heavy (non-hydrogen) atoms. The van der Waals surface area contributed by atoms with E-state index in [0.717, 1.165) is 48.9 Å². The van der Waals surface area contributed by atoms with Crippen LogP contribution in [0.3, 0.4) is 0 Å². The lowest BCUT2D eigenvalue weighted by molar-refractivity contribution is -0.0191. The first-order valence-electron chi connectivity index (χ1n) is 16.8. The van der Waals surface area contributed by atoms with Crippen LogP contribution in [0.5, 0.6) is 23.0 Å². The number of halogens is 6. The number of ether oxygens (including phenoxy) is 2. The van der Waals surface area contributed by atoms with E-state index in [1.165, 1.54) is 24.3 Å². The average Bonchev–Trinajstić information content (AvgIpc) is 3.50. The van der Waals surface area contributed by atoms with Gasteiger partial charge in [0.05, 0.1) is 54.8 Å². The van der Waals surface area contributed by atoms with Crippen LogP contribution in [-0.4, -0.2) is 50.1 Å². The van der Waals surface area contributed by atoms with Gasteiger partial charge in [-0.25, -0.2) is 52.1 Å². The summed E-state index contributed by atoms with van der Waals surface area (Å²) in [5, 5.41) is 17.9. The van der Waals surface area contributed by atoms with Gasteiger partial charge < -0.3 is 15.2 Å². The van der Waals surface area contributed by atoms with Gasteiger partial charge in [-0.3, -0.25) is 0 Å². The van der Waals surface area contributed by atoms with Crippen LogP contribution in [0.4, 0.5) is 26.3 Å². The molecular weight excluding hydrogens is 835 g/mol. The minimum absolute atomic E-state index is 0.00793. The van der Waals surface area contributed by atoms with Gasteiger partial charge in [-0.15, -0.1) is 0 Å². The van der Waals surface area contributed by atoms with Crippen molar-refractivity contribution in [3.63, 3.8) is 0 Å². The molecule has 20 heteroatoms. The Morgan fingerprint density at radius 2 is 1.16 bits per heavy atom. The van der Waals surface area contributed by atoms with Crippen molar-refractivity contribution in [2.24, 2.45) is 5.73 Å². The molecule has 0 heterocycles. The molecule has 0 aliphatic heterocycles. The zero-order chi connectivity index (χ0) is 43.3. The summed E-state index contributed by atoms with van der Waals surface area (Å²) in [6, 6.07) is 11.0. The second-order valence-corrected chi connectivity index (χ2v) is 20.5. The predicted molar refractivity (Wildman–Crippen MR) is 199 cm³/mol. The number of rotatable bonds is 8. The molecule has 2 aliphatic rings. The molecule has 6 rings (SSSR count). The molecule has 0 fully saturated rings. The van der Waals surface area contributed by atoms with Crippen LogP contribution >= 0.6 is 0 Å². The second-order valence-electron chi connectivity index (χ2n) is 14.5. The van der Waals surface area contributed by atoms with Crippen LogP contribution in [0.2, 0.25) is 0 Å². The molecule has 0 bridgehead atoms. The minimum atomic E-state index is -3.92. The number of hydrogen-bond acceptors (Lipinski definition) is 10. The quantitative estimate of drug-likeness (QED) is 0.171. The highest BCUT2D eigenvalue weighted by molar-refractivity contribution is 7.91. The van der Waals surface area contributed by atoms with Gasteiger partial charge in [-0.1, -0.05) is 0 Å². The van der Waals surface area contributed by atoms with Gasteiger partial charge in [0.1, 0.15) is 40.7 Å². The Morgan fingerprint density at radius 3 is 1.57 bits per heavy atom. The van der Waals surface area contributed by atoms with E-state index in [1.807, 2.05) is 0 Å². The highest BCUT2D eigenvalue weighted by atomic mass is 32.2. The van der Waals surface area contributed by atoms with Crippen molar-refractivity contribution < 1.29 is 56.9 Å². The predicted octanol–water partition coefficient (Wildman–Crippen LogP) is 7.26. The van der Waals surface area contributed by atoms with E-state index in [4.69, 9.17) is 25.7 Å². The molecule has 3 atom stereocenters. The summed E-state index contributed by atoms with van der Waals surface area (Å²) in [6.07, 6.45) is 0.115. The van der Waals surface area contributed by atoms with Crippen LogP contribution in [0.25, 0.3) is 0 Å². The molecule has 0 saturated heterocycles. The van der Waals surface area contributed by atoms with E-state index in [2.05, 4.69) is 4.72 Å². The van der Waals surface area contributed by atoms with E-state index in [-0.39, 0.29) is 66.2 Å². The molecule has 3 unspecified atom stereocenters. The smallest absolute Gasteiger partial charge is 0.272 e. The first-order valence-corrected chi connectivity index (χ1v) is 21.8. The zero-order valence-corrected chi connectivity index (χ0v) is 33.6.